The van der Waals surface area contributed by atoms with Crippen molar-refractivity contribution in [2.24, 2.45) is 11.1 Å². The molecular formula is C12H20N2O2. The lowest BCUT2D eigenvalue weighted by atomic mass is 9.87. The summed E-state index contributed by atoms with van der Waals surface area (Å²) in [5, 5.41) is 2.83. The number of furan rings is 1. The predicted octanol–water partition coefficient (Wildman–Crippen LogP) is 1.83. The fraction of sp³-hybridized carbons (Fsp3) is 0.583. The Balaban J connectivity index is 2.59. The molecule has 0 radical (unpaired) electrons. The van der Waals surface area contributed by atoms with Crippen LogP contribution in [0.4, 0.5) is 0 Å². The Morgan fingerprint density at radius 2 is 2.12 bits per heavy atom. The van der Waals surface area contributed by atoms with Gasteiger partial charge in [-0.05, 0) is 24.5 Å². The molecule has 2 atom stereocenters. The van der Waals surface area contributed by atoms with Gasteiger partial charge in [0.2, 0.25) is 5.91 Å². The number of hydrogen-bond donors (Lipinski definition) is 2. The summed E-state index contributed by atoms with van der Waals surface area (Å²) in [5.74, 6) is 0.575. The first kappa shape index (κ1) is 12.8. The quantitative estimate of drug-likeness (QED) is 0.823. The Hall–Kier alpha value is -1.29. The lowest BCUT2D eigenvalue weighted by Gasteiger charge is -2.27. The molecule has 0 aliphatic carbocycles. The highest BCUT2D eigenvalue weighted by Gasteiger charge is 2.28. The van der Waals surface area contributed by atoms with Crippen molar-refractivity contribution in [3.63, 3.8) is 0 Å². The minimum absolute atomic E-state index is 0.156. The van der Waals surface area contributed by atoms with Gasteiger partial charge in [0.05, 0.1) is 18.3 Å². The molecule has 1 aromatic heterocycles. The van der Waals surface area contributed by atoms with Gasteiger partial charge >= 0.3 is 0 Å². The van der Waals surface area contributed by atoms with E-state index < -0.39 is 6.04 Å². The number of nitrogens with two attached hydrogens (primary N) is 1. The number of nitrogens with one attached hydrogen (secondary N) is 1. The van der Waals surface area contributed by atoms with Crippen LogP contribution in [0.25, 0.3) is 0 Å². The molecular weight excluding hydrogens is 204 g/mol. The van der Waals surface area contributed by atoms with Gasteiger partial charge in [-0.1, -0.05) is 20.8 Å². The second-order valence-corrected chi connectivity index (χ2v) is 5.09. The molecule has 0 saturated heterocycles. The SMILES string of the molecule is C[C@@H](NC(=O)[C@@H](N)C(C)(C)C)c1ccco1. The third-order valence-electron chi connectivity index (χ3n) is 2.54. The van der Waals surface area contributed by atoms with Crippen LogP contribution < -0.4 is 11.1 Å². The van der Waals surface area contributed by atoms with Gasteiger partial charge in [0, 0.05) is 0 Å². The summed E-state index contributed by atoms with van der Waals surface area (Å²) in [4.78, 5) is 11.8. The Morgan fingerprint density at radius 3 is 2.56 bits per heavy atom. The maximum Gasteiger partial charge on any atom is 0.238 e. The molecule has 3 N–H and O–H groups in total. The Labute approximate surface area is 96.2 Å². The molecule has 4 heteroatoms. The van der Waals surface area contributed by atoms with Crippen molar-refractivity contribution in [3.05, 3.63) is 24.2 Å². The minimum atomic E-state index is -0.523. The number of carbonyl (C=O) groups excluding carboxylic acids is 1. The predicted molar refractivity (Wildman–Crippen MR) is 62.7 cm³/mol. The van der Waals surface area contributed by atoms with E-state index in [2.05, 4.69) is 5.32 Å². The molecule has 1 aromatic rings. The first-order valence-corrected chi connectivity index (χ1v) is 5.41. The summed E-state index contributed by atoms with van der Waals surface area (Å²) in [6.45, 7) is 7.69. The van der Waals surface area contributed by atoms with Crippen LogP contribution >= 0.6 is 0 Å². The van der Waals surface area contributed by atoms with Crippen LogP contribution in [0.5, 0.6) is 0 Å². The van der Waals surface area contributed by atoms with Crippen molar-refractivity contribution in [3.8, 4) is 0 Å². The molecule has 16 heavy (non-hydrogen) atoms. The Morgan fingerprint density at radius 1 is 1.50 bits per heavy atom. The lowest BCUT2D eigenvalue weighted by molar-refractivity contribution is -0.125. The van der Waals surface area contributed by atoms with Gasteiger partial charge in [-0.15, -0.1) is 0 Å². The molecule has 0 bridgehead atoms. The van der Waals surface area contributed by atoms with Gasteiger partial charge in [0.15, 0.2) is 0 Å². The maximum atomic E-state index is 11.8. The van der Waals surface area contributed by atoms with Crippen LogP contribution in [0.2, 0.25) is 0 Å². The van der Waals surface area contributed by atoms with E-state index in [0.29, 0.717) is 0 Å². The van der Waals surface area contributed by atoms with Gasteiger partial charge < -0.3 is 15.5 Å². The molecule has 0 spiro atoms. The summed E-state index contributed by atoms with van der Waals surface area (Å²) >= 11 is 0. The summed E-state index contributed by atoms with van der Waals surface area (Å²) in [6, 6.07) is 2.94. The van der Waals surface area contributed by atoms with Gasteiger partial charge in [0.25, 0.3) is 0 Å². The van der Waals surface area contributed by atoms with Gasteiger partial charge in [-0.25, -0.2) is 0 Å². The van der Waals surface area contributed by atoms with Gasteiger partial charge in [-0.3, -0.25) is 4.79 Å². The van der Waals surface area contributed by atoms with Crippen molar-refractivity contribution >= 4 is 5.91 Å². The number of rotatable bonds is 3. The van der Waals surface area contributed by atoms with E-state index >= 15 is 0 Å². The average molecular weight is 224 g/mol. The van der Waals surface area contributed by atoms with Crippen molar-refractivity contribution in [1.29, 1.82) is 0 Å². The van der Waals surface area contributed by atoms with Crippen LogP contribution in [0.1, 0.15) is 39.5 Å². The number of carbonyl (C=O) groups is 1. The molecule has 0 aliphatic heterocycles. The van der Waals surface area contributed by atoms with Gasteiger partial charge in [0.1, 0.15) is 5.76 Å². The molecule has 1 amide bonds. The third-order valence-corrected chi connectivity index (χ3v) is 2.54. The van der Waals surface area contributed by atoms with Gasteiger partial charge in [-0.2, -0.15) is 0 Å². The monoisotopic (exact) mass is 224 g/mol. The molecule has 4 nitrogen and oxygen atoms in total. The number of hydrogen-bond acceptors (Lipinski definition) is 3. The summed E-state index contributed by atoms with van der Waals surface area (Å²) in [7, 11) is 0. The molecule has 0 saturated carbocycles. The Bertz CT molecular complexity index is 338. The lowest BCUT2D eigenvalue weighted by Crippen LogP contribution is -2.49. The van der Waals surface area contributed by atoms with E-state index in [1.807, 2.05) is 33.8 Å². The molecule has 1 rings (SSSR count). The van der Waals surface area contributed by atoms with Crippen LogP contribution in [-0.2, 0) is 4.79 Å². The zero-order valence-corrected chi connectivity index (χ0v) is 10.3. The molecule has 0 aliphatic rings. The highest BCUT2D eigenvalue weighted by Crippen LogP contribution is 2.19. The van der Waals surface area contributed by atoms with E-state index in [1.54, 1.807) is 12.3 Å². The van der Waals surface area contributed by atoms with Crippen LogP contribution in [-0.4, -0.2) is 11.9 Å². The zero-order chi connectivity index (χ0) is 12.3. The molecule has 90 valence electrons. The van der Waals surface area contributed by atoms with E-state index in [4.69, 9.17) is 10.2 Å². The normalized spacial score (nSPS) is 15.6. The van der Waals surface area contributed by atoms with Crippen molar-refractivity contribution in [2.45, 2.75) is 39.8 Å². The van der Waals surface area contributed by atoms with Crippen molar-refractivity contribution in [1.82, 2.24) is 5.32 Å². The molecule has 0 fully saturated rings. The van der Waals surface area contributed by atoms with Crippen molar-refractivity contribution in [2.75, 3.05) is 0 Å². The smallest absolute Gasteiger partial charge is 0.238 e. The van der Waals surface area contributed by atoms with Crippen LogP contribution in [0.15, 0.2) is 22.8 Å². The zero-order valence-electron chi connectivity index (χ0n) is 10.3. The first-order valence-electron chi connectivity index (χ1n) is 5.41. The fourth-order valence-corrected chi connectivity index (χ4v) is 1.31. The third kappa shape index (κ3) is 3.10. The molecule has 1 heterocycles. The fourth-order valence-electron chi connectivity index (χ4n) is 1.31. The topological polar surface area (TPSA) is 68.3 Å². The van der Waals surface area contributed by atoms with E-state index in [9.17, 15) is 4.79 Å². The second-order valence-electron chi connectivity index (χ2n) is 5.09. The maximum absolute atomic E-state index is 11.8. The number of amides is 1. The molecule has 0 aromatic carbocycles. The van der Waals surface area contributed by atoms with E-state index in [1.165, 1.54) is 0 Å². The summed E-state index contributed by atoms with van der Waals surface area (Å²) in [6.07, 6.45) is 1.58. The minimum Gasteiger partial charge on any atom is -0.467 e. The van der Waals surface area contributed by atoms with E-state index in [-0.39, 0.29) is 17.4 Å². The summed E-state index contributed by atoms with van der Waals surface area (Å²) < 4.78 is 5.21. The van der Waals surface area contributed by atoms with E-state index in [0.717, 1.165) is 5.76 Å². The summed E-state index contributed by atoms with van der Waals surface area (Å²) in [5.41, 5.74) is 5.61. The van der Waals surface area contributed by atoms with Crippen LogP contribution in [0.3, 0.4) is 0 Å². The van der Waals surface area contributed by atoms with Crippen molar-refractivity contribution < 1.29 is 9.21 Å². The highest BCUT2D eigenvalue weighted by molar-refractivity contribution is 5.82. The Kier molecular flexibility index (Phi) is 3.75. The average Bonchev–Trinajstić information content (AvgIpc) is 2.67. The van der Waals surface area contributed by atoms with Crippen LogP contribution in [0, 0.1) is 5.41 Å². The first-order chi connectivity index (χ1) is 7.32. The molecule has 0 unspecified atom stereocenters. The largest absolute Gasteiger partial charge is 0.467 e. The highest BCUT2D eigenvalue weighted by atomic mass is 16.3. The standard InChI is InChI=1S/C12H20N2O2/c1-8(9-6-5-7-16-9)14-11(15)10(13)12(2,3)4/h5-8,10H,13H2,1-4H3,(H,14,15)/t8-,10-/m1/s1. The second kappa shape index (κ2) is 4.70.